The Balaban J connectivity index is 1.52. The van der Waals surface area contributed by atoms with E-state index in [1.54, 1.807) is 0 Å². The van der Waals surface area contributed by atoms with Crippen LogP contribution in [0.4, 0.5) is 4.39 Å². The highest BCUT2D eigenvalue weighted by Gasteiger charge is 2.58. The van der Waals surface area contributed by atoms with Crippen molar-refractivity contribution in [1.82, 2.24) is 5.32 Å². The Morgan fingerprint density at radius 1 is 1.13 bits per heavy atom. The van der Waals surface area contributed by atoms with Gasteiger partial charge in [-0.3, -0.25) is 15.1 Å². The van der Waals surface area contributed by atoms with Crippen molar-refractivity contribution in [3.05, 3.63) is 35.6 Å². The van der Waals surface area contributed by atoms with Crippen molar-refractivity contribution in [2.45, 2.75) is 69.2 Å². The Kier molecular flexibility index (Phi) is 4.61. The maximum absolute atomic E-state index is 13.6. The van der Waals surface area contributed by atoms with Crippen molar-refractivity contribution in [1.29, 1.82) is 5.26 Å². The van der Waals surface area contributed by atoms with Gasteiger partial charge in [0.15, 0.2) is 6.19 Å². The lowest BCUT2D eigenvalue weighted by molar-refractivity contribution is -0.144. The first-order chi connectivity index (χ1) is 14.5. The second-order valence-electron chi connectivity index (χ2n) is 10.1. The monoisotopic (exact) mass is 408 g/mol. The van der Waals surface area contributed by atoms with E-state index in [4.69, 9.17) is 10.7 Å². The minimum Gasteiger partial charge on any atom is -0.369 e. The van der Waals surface area contributed by atoms with Gasteiger partial charge < -0.3 is 5.73 Å². The predicted octanol–water partition coefficient (Wildman–Crippen LogP) is 3.79. The lowest BCUT2D eigenvalue weighted by Gasteiger charge is -2.58. The van der Waals surface area contributed by atoms with Crippen LogP contribution in [0.25, 0.3) is 0 Å². The van der Waals surface area contributed by atoms with Gasteiger partial charge in [0, 0.05) is 5.41 Å². The molecule has 30 heavy (non-hydrogen) atoms. The van der Waals surface area contributed by atoms with Gasteiger partial charge in [-0.15, -0.1) is 0 Å². The number of rotatable bonds is 4. The molecule has 0 aliphatic heterocycles. The number of nitrogens with two attached hydrogens (primary N) is 1. The van der Waals surface area contributed by atoms with Crippen LogP contribution in [0.15, 0.2) is 29.3 Å². The van der Waals surface area contributed by atoms with Gasteiger partial charge in [0.25, 0.3) is 0 Å². The van der Waals surface area contributed by atoms with Crippen LogP contribution in [0.2, 0.25) is 0 Å². The first-order valence-electron chi connectivity index (χ1n) is 11.3. The summed E-state index contributed by atoms with van der Waals surface area (Å²) in [6.07, 6.45) is 10.8. The molecule has 1 aromatic rings. The van der Waals surface area contributed by atoms with E-state index in [0.29, 0.717) is 17.8 Å². The molecule has 4 bridgehead atoms. The molecule has 5 aliphatic carbocycles. The average molecular weight is 409 g/mol. The molecule has 6 rings (SSSR count). The van der Waals surface area contributed by atoms with Gasteiger partial charge in [-0.25, -0.2) is 4.39 Å². The van der Waals surface area contributed by atoms with E-state index in [2.05, 4.69) is 11.5 Å². The van der Waals surface area contributed by atoms with Gasteiger partial charge >= 0.3 is 0 Å². The molecule has 5 nitrogen and oxygen atoms in total. The summed E-state index contributed by atoms with van der Waals surface area (Å²) in [7, 11) is 0. The number of aliphatic imine (C=N–C) groups is 1. The van der Waals surface area contributed by atoms with E-state index in [9.17, 15) is 14.4 Å². The van der Waals surface area contributed by atoms with Crippen molar-refractivity contribution in [3.8, 4) is 6.19 Å². The molecule has 5 fully saturated rings. The molecule has 3 N–H and O–H groups in total. The fraction of sp³-hybridized carbons (Fsp3) is 0.625. The summed E-state index contributed by atoms with van der Waals surface area (Å²) in [5, 5.41) is 12.5. The molecular weight excluding hydrogens is 379 g/mol. The first kappa shape index (κ1) is 19.5. The zero-order valence-corrected chi connectivity index (χ0v) is 17.2. The molecule has 2 atom stereocenters. The van der Waals surface area contributed by atoms with Crippen LogP contribution in [-0.4, -0.2) is 17.8 Å². The van der Waals surface area contributed by atoms with Crippen LogP contribution in [0.3, 0.4) is 0 Å². The number of hydrogen-bond acceptors (Lipinski definition) is 3. The maximum Gasteiger partial charge on any atom is 0.223 e. The van der Waals surface area contributed by atoms with Gasteiger partial charge in [0.2, 0.25) is 5.91 Å². The lowest BCUT2D eigenvalue weighted by atomic mass is 9.47. The van der Waals surface area contributed by atoms with Gasteiger partial charge in [0.1, 0.15) is 11.7 Å². The molecule has 6 heteroatoms. The number of benzene rings is 1. The summed E-state index contributed by atoms with van der Waals surface area (Å²) in [4.78, 5) is 17.5. The third-order valence-electron chi connectivity index (χ3n) is 8.51. The number of amides is 1. The van der Waals surface area contributed by atoms with Crippen LogP contribution in [0, 0.1) is 40.4 Å². The molecule has 5 saturated carbocycles. The van der Waals surface area contributed by atoms with Gasteiger partial charge in [-0.1, -0.05) is 25.0 Å². The Morgan fingerprint density at radius 2 is 1.77 bits per heavy atom. The molecule has 0 aromatic heterocycles. The SMILES string of the molecule is N#CNC(=NC1C2CC3CC1CC(C(N)=O)(C3)C2)C1(c2ccc(F)cc2)CCCC1. The van der Waals surface area contributed by atoms with Crippen LogP contribution in [0.1, 0.15) is 63.4 Å². The van der Waals surface area contributed by atoms with E-state index in [1.165, 1.54) is 12.1 Å². The standard InChI is InChI=1S/C24H29FN4O/c25-19-5-3-18(4-6-19)24(7-1-2-8-24)22(28-14-26)29-20-16-9-15-10-17(20)13-23(11-15,12-16)21(27)30/h3-6,15-17,20H,1-2,7-13H2,(H2,27,30)(H,28,29). The number of primary amides is 1. The molecule has 5 aliphatic rings. The molecule has 2 unspecified atom stereocenters. The van der Waals surface area contributed by atoms with Crippen molar-refractivity contribution in [3.63, 3.8) is 0 Å². The minimum absolute atomic E-state index is 0.128. The Bertz CT molecular complexity index is 896. The zero-order valence-electron chi connectivity index (χ0n) is 17.2. The predicted molar refractivity (Wildman–Crippen MR) is 112 cm³/mol. The molecule has 1 aromatic carbocycles. The number of nitrogens with zero attached hydrogens (tertiary/aromatic N) is 2. The van der Waals surface area contributed by atoms with E-state index in [0.717, 1.165) is 69.2 Å². The third kappa shape index (κ3) is 2.93. The fourth-order valence-corrected chi connectivity index (χ4v) is 7.40. The molecule has 0 spiro atoms. The summed E-state index contributed by atoms with van der Waals surface area (Å²) in [6.45, 7) is 0. The molecule has 0 saturated heterocycles. The Hall–Kier alpha value is -2.42. The third-order valence-corrected chi connectivity index (χ3v) is 8.51. The zero-order chi connectivity index (χ0) is 20.9. The summed E-state index contributed by atoms with van der Waals surface area (Å²) in [6, 6.07) is 6.81. The largest absolute Gasteiger partial charge is 0.369 e. The van der Waals surface area contributed by atoms with Crippen LogP contribution in [0.5, 0.6) is 0 Å². The van der Waals surface area contributed by atoms with Gasteiger partial charge in [-0.05, 0) is 80.4 Å². The van der Waals surface area contributed by atoms with Crippen molar-refractivity contribution in [2.24, 2.45) is 33.9 Å². The highest BCUT2D eigenvalue weighted by Crippen LogP contribution is 2.61. The van der Waals surface area contributed by atoms with Crippen LogP contribution >= 0.6 is 0 Å². The molecule has 0 heterocycles. The fourth-order valence-electron chi connectivity index (χ4n) is 7.40. The highest BCUT2D eigenvalue weighted by molar-refractivity contribution is 5.94. The maximum atomic E-state index is 13.6. The normalized spacial score (nSPS) is 36.5. The number of nitrogens with one attached hydrogen (secondary N) is 1. The second kappa shape index (κ2) is 7.08. The number of nitriles is 1. The van der Waals surface area contributed by atoms with Crippen molar-refractivity contribution < 1.29 is 9.18 Å². The van der Waals surface area contributed by atoms with E-state index >= 15 is 0 Å². The van der Waals surface area contributed by atoms with Gasteiger partial charge in [0.05, 0.1) is 11.5 Å². The number of hydrogen-bond donors (Lipinski definition) is 2. The summed E-state index contributed by atoms with van der Waals surface area (Å²) in [5.74, 6) is 1.62. The summed E-state index contributed by atoms with van der Waals surface area (Å²) < 4.78 is 13.6. The number of halogens is 1. The summed E-state index contributed by atoms with van der Waals surface area (Å²) >= 11 is 0. The number of amidine groups is 1. The smallest absolute Gasteiger partial charge is 0.223 e. The van der Waals surface area contributed by atoms with Crippen molar-refractivity contribution in [2.75, 3.05) is 0 Å². The number of carbonyl (C=O) groups is 1. The Morgan fingerprint density at radius 3 is 2.33 bits per heavy atom. The topological polar surface area (TPSA) is 91.3 Å². The van der Waals surface area contributed by atoms with Crippen LogP contribution < -0.4 is 11.1 Å². The molecule has 0 radical (unpaired) electrons. The van der Waals surface area contributed by atoms with E-state index < -0.39 is 0 Å². The first-order valence-corrected chi connectivity index (χ1v) is 11.3. The van der Waals surface area contributed by atoms with Crippen LogP contribution in [-0.2, 0) is 10.2 Å². The van der Waals surface area contributed by atoms with Gasteiger partial charge in [-0.2, -0.15) is 5.26 Å². The highest BCUT2D eigenvalue weighted by atomic mass is 19.1. The quantitative estimate of drug-likeness (QED) is 0.344. The Labute approximate surface area is 176 Å². The van der Waals surface area contributed by atoms with Crippen molar-refractivity contribution >= 4 is 11.7 Å². The molecule has 158 valence electrons. The lowest BCUT2D eigenvalue weighted by Crippen LogP contribution is -2.58. The summed E-state index contributed by atoms with van der Waals surface area (Å²) in [5.41, 5.74) is 6.16. The number of carbonyl (C=O) groups excluding carboxylic acids is 1. The van der Waals surface area contributed by atoms with E-state index in [-0.39, 0.29) is 28.6 Å². The molecular formula is C24H29FN4O. The average Bonchev–Trinajstić information content (AvgIpc) is 3.21. The second-order valence-corrected chi connectivity index (χ2v) is 10.1. The van der Waals surface area contributed by atoms with E-state index in [1.807, 2.05) is 12.1 Å². The molecule has 1 amide bonds. The minimum atomic E-state index is -0.362.